The number of hydrogen-bond acceptors (Lipinski definition) is 2. The summed E-state index contributed by atoms with van der Waals surface area (Å²) in [5, 5.41) is 1.30. The maximum atomic E-state index is 6.28. The quantitative estimate of drug-likeness (QED) is 0.674. The van der Waals surface area contributed by atoms with Crippen molar-refractivity contribution in [3.63, 3.8) is 0 Å². The van der Waals surface area contributed by atoms with Crippen LogP contribution in [-0.4, -0.2) is 17.8 Å². The highest BCUT2D eigenvalue weighted by Gasteiger charge is 2.13. The van der Waals surface area contributed by atoms with Crippen LogP contribution >= 0.6 is 23.2 Å². The number of benzene rings is 2. The predicted octanol–water partition coefficient (Wildman–Crippen LogP) is 3.74. The Labute approximate surface area is 128 Å². The topological polar surface area (TPSA) is 25.8 Å². The Hall–Kier alpha value is -1.58. The van der Waals surface area contributed by atoms with Crippen LogP contribution in [0.2, 0.25) is 10.0 Å². The molecule has 0 aliphatic rings. The van der Waals surface area contributed by atoms with Crippen molar-refractivity contribution in [3.8, 4) is 11.3 Å². The fraction of sp³-hybridized carbons (Fsp3) is 0.0667. The van der Waals surface area contributed by atoms with Crippen LogP contribution in [0.3, 0.4) is 0 Å². The van der Waals surface area contributed by atoms with E-state index in [1.165, 1.54) is 0 Å². The minimum atomic E-state index is 0.621. The molecule has 98 valence electrons. The van der Waals surface area contributed by atoms with E-state index in [9.17, 15) is 0 Å². The molecule has 0 aliphatic carbocycles. The van der Waals surface area contributed by atoms with Crippen LogP contribution < -0.4 is 0 Å². The standard InChI is InChI=1S/C15H11BCl2N2/c16-8-13-14(9-4-1-2-5-10(9)17)19-12-7-3-6-11(18)15(12)20-13/h1-7H,8,16H2. The van der Waals surface area contributed by atoms with Crippen LogP contribution in [0.5, 0.6) is 0 Å². The zero-order valence-corrected chi connectivity index (χ0v) is 12.4. The van der Waals surface area contributed by atoms with Crippen molar-refractivity contribution >= 4 is 42.1 Å². The summed E-state index contributed by atoms with van der Waals surface area (Å²) in [6.45, 7) is 0. The van der Waals surface area contributed by atoms with Crippen molar-refractivity contribution < 1.29 is 0 Å². The van der Waals surface area contributed by atoms with E-state index in [0.717, 1.165) is 34.3 Å². The van der Waals surface area contributed by atoms with Crippen LogP contribution in [-0.2, 0) is 6.32 Å². The van der Waals surface area contributed by atoms with Gasteiger partial charge in [-0.1, -0.05) is 47.5 Å². The molecule has 5 heteroatoms. The molecular weight excluding hydrogens is 290 g/mol. The van der Waals surface area contributed by atoms with Gasteiger partial charge in [0.25, 0.3) is 0 Å². The highest BCUT2D eigenvalue weighted by molar-refractivity contribution is 6.35. The fourth-order valence-electron chi connectivity index (χ4n) is 2.19. The summed E-state index contributed by atoms with van der Waals surface area (Å²) in [4.78, 5) is 9.36. The number of fused-ring (bicyclic) bond motifs is 1. The zero-order chi connectivity index (χ0) is 14.1. The Kier molecular flexibility index (Phi) is 3.64. The smallest absolute Gasteiger partial charge is 0.109 e. The lowest BCUT2D eigenvalue weighted by atomic mass is 9.97. The van der Waals surface area contributed by atoms with Gasteiger partial charge in [0.2, 0.25) is 0 Å². The molecule has 0 saturated carbocycles. The van der Waals surface area contributed by atoms with E-state index >= 15 is 0 Å². The van der Waals surface area contributed by atoms with E-state index in [2.05, 4.69) is 4.98 Å². The fourth-order valence-corrected chi connectivity index (χ4v) is 2.63. The molecule has 1 aromatic heterocycles. The lowest BCUT2D eigenvalue weighted by molar-refractivity contribution is 1.16. The molecule has 0 amide bonds. The Morgan fingerprint density at radius 3 is 2.40 bits per heavy atom. The van der Waals surface area contributed by atoms with Gasteiger partial charge in [-0.15, -0.1) is 0 Å². The Morgan fingerprint density at radius 2 is 1.65 bits per heavy atom. The van der Waals surface area contributed by atoms with Crippen molar-refractivity contribution in [1.82, 2.24) is 9.97 Å². The number of rotatable bonds is 2. The second-order valence-electron chi connectivity index (χ2n) is 4.46. The lowest BCUT2D eigenvalue weighted by Gasteiger charge is -2.10. The largest absolute Gasteiger partial charge is 0.248 e. The Balaban J connectivity index is 2.33. The van der Waals surface area contributed by atoms with E-state index in [-0.39, 0.29) is 0 Å². The summed E-state index contributed by atoms with van der Waals surface area (Å²) in [6.07, 6.45) is 0.773. The van der Waals surface area contributed by atoms with Crippen molar-refractivity contribution in [2.45, 2.75) is 6.32 Å². The maximum absolute atomic E-state index is 6.28. The van der Waals surface area contributed by atoms with Gasteiger partial charge in [0.15, 0.2) is 0 Å². The van der Waals surface area contributed by atoms with Crippen molar-refractivity contribution in [1.29, 1.82) is 0 Å². The van der Waals surface area contributed by atoms with Crippen LogP contribution in [0.25, 0.3) is 22.3 Å². The Bertz CT molecular complexity index is 790. The molecule has 0 unspecified atom stereocenters. The first-order valence-electron chi connectivity index (χ1n) is 6.40. The first-order valence-corrected chi connectivity index (χ1v) is 7.16. The monoisotopic (exact) mass is 300 g/mol. The molecule has 0 saturated heterocycles. The normalized spacial score (nSPS) is 10.9. The van der Waals surface area contributed by atoms with Gasteiger partial charge in [-0.05, 0) is 24.5 Å². The van der Waals surface area contributed by atoms with Gasteiger partial charge < -0.3 is 0 Å². The second kappa shape index (κ2) is 5.43. The molecule has 0 aliphatic heterocycles. The van der Waals surface area contributed by atoms with E-state index in [1.807, 2.05) is 50.3 Å². The number of para-hydroxylation sites is 1. The van der Waals surface area contributed by atoms with Gasteiger partial charge in [0.1, 0.15) is 13.4 Å². The third kappa shape index (κ3) is 2.28. The van der Waals surface area contributed by atoms with Crippen LogP contribution in [0, 0.1) is 0 Å². The first kappa shape index (κ1) is 13.4. The van der Waals surface area contributed by atoms with Gasteiger partial charge in [0.05, 0.1) is 26.9 Å². The highest BCUT2D eigenvalue weighted by atomic mass is 35.5. The molecule has 0 bridgehead atoms. The number of hydrogen-bond donors (Lipinski definition) is 0. The van der Waals surface area contributed by atoms with Crippen LogP contribution in [0.15, 0.2) is 42.5 Å². The number of halogens is 2. The Morgan fingerprint density at radius 1 is 0.900 bits per heavy atom. The van der Waals surface area contributed by atoms with Gasteiger partial charge in [-0.25, -0.2) is 9.97 Å². The van der Waals surface area contributed by atoms with Gasteiger partial charge in [0, 0.05) is 5.56 Å². The van der Waals surface area contributed by atoms with E-state index < -0.39 is 0 Å². The maximum Gasteiger partial charge on any atom is 0.109 e. The van der Waals surface area contributed by atoms with E-state index in [4.69, 9.17) is 28.2 Å². The molecule has 2 nitrogen and oxygen atoms in total. The summed E-state index contributed by atoms with van der Waals surface area (Å²) < 4.78 is 0. The van der Waals surface area contributed by atoms with Crippen molar-refractivity contribution in [3.05, 3.63) is 58.2 Å². The van der Waals surface area contributed by atoms with Crippen LogP contribution in [0.1, 0.15) is 5.69 Å². The molecule has 1 heterocycles. The summed E-state index contributed by atoms with van der Waals surface area (Å²) in [5.41, 5.74) is 4.15. The summed E-state index contributed by atoms with van der Waals surface area (Å²) >= 11 is 12.5. The molecule has 3 rings (SSSR count). The van der Waals surface area contributed by atoms with Gasteiger partial charge in [-0.3, -0.25) is 0 Å². The van der Waals surface area contributed by atoms with Crippen molar-refractivity contribution in [2.75, 3.05) is 0 Å². The van der Waals surface area contributed by atoms with E-state index in [1.54, 1.807) is 0 Å². The third-order valence-electron chi connectivity index (χ3n) is 3.18. The second-order valence-corrected chi connectivity index (χ2v) is 5.27. The van der Waals surface area contributed by atoms with Crippen molar-refractivity contribution in [2.24, 2.45) is 0 Å². The average Bonchev–Trinajstić information content (AvgIpc) is 2.47. The molecule has 2 aromatic carbocycles. The molecule has 0 radical (unpaired) electrons. The molecule has 0 N–H and O–H groups in total. The minimum Gasteiger partial charge on any atom is -0.248 e. The van der Waals surface area contributed by atoms with E-state index in [0.29, 0.717) is 10.0 Å². The summed E-state index contributed by atoms with van der Waals surface area (Å²) in [6, 6.07) is 13.3. The SMILES string of the molecule is BCc1nc2c(Cl)cccc2nc1-c1ccccc1Cl. The minimum absolute atomic E-state index is 0.621. The first-order chi connectivity index (χ1) is 9.70. The number of nitrogens with zero attached hydrogens (tertiary/aromatic N) is 2. The lowest BCUT2D eigenvalue weighted by Crippen LogP contribution is -2.00. The van der Waals surface area contributed by atoms with Gasteiger partial charge >= 0.3 is 0 Å². The van der Waals surface area contributed by atoms with Gasteiger partial charge in [-0.2, -0.15) is 0 Å². The molecule has 0 atom stereocenters. The highest BCUT2D eigenvalue weighted by Crippen LogP contribution is 2.30. The molecule has 20 heavy (non-hydrogen) atoms. The number of aromatic nitrogens is 2. The molecular formula is C15H11BCl2N2. The summed E-state index contributed by atoms with van der Waals surface area (Å²) in [5.74, 6) is 0. The predicted molar refractivity (Wildman–Crippen MR) is 87.2 cm³/mol. The molecule has 0 fully saturated rings. The third-order valence-corrected chi connectivity index (χ3v) is 3.82. The summed E-state index contributed by atoms with van der Waals surface area (Å²) in [7, 11) is 2.05. The van der Waals surface area contributed by atoms with Crippen LogP contribution in [0.4, 0.5) is 0 Å². The average molecular weight is 301 g/mol. The molecule has 0 spiro atoms. The molecule has 3 aromatic rings. The zero-order valence-electron chi connectivity index (χ0n) is 10.9.